The molecule has 0 fully saturated rings. The van der Waals surface area contributed by atoms with Crippen molar-refractivity contribution in [3.05, 3.63) is 63.9 Å². The van der Waals surface area contributed by atoms with Crippen LogP contribution < -0.4 is 4.74 Å². The Morgan fingerprint density at radius 3 is 2.75 bits per heavy atom. The standard InChI is InChI=1S/C16H13ClFNO/c1-2-13-8-15(3-4-16(13)17)20-10-12-5-11(9-19)6-14(18)7-12/h3-8H,2,10H2,1H3. The van der Waals surface area contributed by atoms with E-state index in [1.54, 1.807) is 18.2 Å². The molecule has 0 aliphatic heterocycles. The zero-order valence-corrected chi connectivity index (χ0v) is 11.7. The molecule has 0 radical (unpaired) electrons. The molecule has 0 atom stereocenters. The summed E-state index contributed by atoms with van der Waals surface area (Å²) in [7, 11) is 0. The van der Waals surface area contributed by atoms with E-state index in [-0.39, 0.29) is 12.2 Å². The van der Waals surface area contributed by atoms with Gasteiger partial charge in [0, 0.05) is 5.02 Å². The lowest BCUT2D eigenvalue weighted by atomic mass is 10.1. The highest BCUT2D eigenvalue weighted by Gasteiger charge is 2.04. The Kier molecular flexibility index (Phi) is 4.60. The fourth-order valence-corrected chi connectivity index (χ4v) is 2.13. The van der Waals surface area contributed by atoms with Crippen molar-refractivity contribution < 1.29 is 9.13 Å². The Bertz CT molecular complexity index is 664. The normalized spacial score (nSPS) is 10.1. The van der Waals surface area contributed by atoms with E-state index in [9.17, 15) is 4.39 Å². The number of hydrogen-bond acceptors (Lipinski definition) is 2. The van der Waals surface area contributed by atoms with Gasteiger partial charge in [0.05, 0.1) is 11.6 Å². The van der Waals surface area contributed by atoms with E-state index >= 15 is 0 Å². The lowest BCUT2D eigenvalue weighted by Crippen LogP contribution is -1.98. The predicted molar refractivity (Wildman–Crippen MR) is 76.3 cm³/mol. The average molecular weight is 290 g/mol. The summed E-state index contributed by atoms with van der Waals surface area (Å²) < 4.78 is 18.9. The molecule has 102 valence electrons. The van der Waals surface area contributed by atoms with E-state index in [0.717, 1.165) is 12.0 Å². The second-order valence-corrected chi connectivity index (χ2v) is 4.76. The molecule has 20 heavy (non-hydrogen) atoms. The topological polar surface area (TPSA) is 33.0 Å². The quantitative estimate of drug-likeness (QED) is 0.830. The van der Waals surface area contributed by atoms with Gasteiger partial charge in [-0.2, -0.15) is 5.26 Å². The highest BCUT2D eigenvalue weighted by Crippen LogP contribution is 2.23. The number of nitrogens with zero attached hydrogens (tertiary/aromatic N) is 1. The summed E-state index contributed by atoms with van der Waals surface area (Å²) >= 11 is 6.03. The maximum Gasteiger partial charge on any atom is 0.124 e. The van der Waals surface area contributed by atoms with E-state index in [1.807, 2.05) is 19.1 Å². The predicted octanol–water partition coefficient (Wildman–Crippen LogP) is 4.49. The first-order valence-corrected chi connectivity index (χ1v) is 6.61. The monoisotopic (exact) mass is 289 g/mol. The van der Waals surface area contributed by atoms with Crippen LogP contribution in [0.25, 0.3) is 0 Å². The first-order chi connectivity index (χ1) is 9.62. The maximum absolute atomic E-state index is 13.3. The van der Waals surface area contributed by atoms with Gasteiger partial charge in [-0.3, -0.25) is 0 Å². The number of nitriles is 1. The second kappa shape index (κ2) is 6.40. The van der Waals surface area contributed by atoms with Gasteiger partial charge in [0.15, 0.2) is 0 Å². The SMILES string of the molecule is CCc1cc(OCc2cc(F)cc(C#N)c2)ccc1Cl. The van der Waals surface area contributed by atoms with Crippen LogP contribution in [-0.2, 0) is 13.0 Å². The highest BCUT2D eigenvalue weighted by molar-refractivity contribution is 6.31. The minimum atomic E-state index is -0.437. The largest absolute Gasteiger partial charge is 0.489 e. The number of rotatable bonds is 4. The van der Waals surface area contributed by atoms with E-state index in [4.69, 9.17) is 21.6 Å². The molecule has 0 spiro atoms. The molecule has 0 aliphatic rings. The number of halogens is 2. The molecule has 2 aromatic carbocycles. The molecule has 2 rings (SSSR count). The first kappa shape index (κ1) is 14.4. The van der Waals surface area contributed by atoms with Crippen molar-refractivity contribution >= 4 is 11.6 Å². The fourth-order valence-electron chi connectivity index (χ4n) is 1.88. The van der Waals surface area contributed by atoms with Crippen molar-refractivity contribution in [1.29, 1.82) is 5.26 Å². The Morgan fingerprint density at radius 2 is 2.05 bits per heavy atom. The molecule has 2 aromatic rings. The van der Waals surface area contributed by atoms with Gasteiger partial charge in [0.1, 0.15) is 18.2 Å². The van der Waals surface area contributed by atoms with E-state index in [1.165, 1.54) is 12.1 Å². The Morgan fingerprint density at radius 1 is 1.25 bits per heavy atom. The zero-order chi connectivity index (χ0) is 14.5. The molecule has 0 N–H and O–H groups in total. The zero-order valence-electron chi connectivity index (χ0n) is 11.0. The van der Waals surface area contributed by atoms with Crippen LogP contribution in [0.4, 0.5) is 4.39 Å². The third-order valence-electron chi connectivity index (χ3n) is 2.89. The van der Waals surface area contributed by atoms with Gasteiger partial charge in [-0.1, -0.05) is 18.5 Å². The molecule has 0 aliphatic carbocycles. The molecule has 0 saturated heterocycles. The van der Waals surface area contributed by atoms with Crippen LogP contribution in [0.2, 0.25) is 5.02 Å². The van der Waals surface area contributed by atoms with E-state index in [2.05, 4.69) is 0 Å². The lowest BCUT2D eigenvalue weighted by molar-refractivity contribution is 0.305. The molecule has 0 heterocycles. The summed E-state index contributed by atoms with van der Waals surface area (Å²) in [5, 5.41) is 9.50. The van der Waals surface area contributed by atoms with Gasteiger partial charge in [0.2, 0.25) is 0 Å². The van der Waals surface area contributed by atoms with Crippen molar-refractivity contribution in [2.24, 2.45) is 0 Å². The van der Waals surface area contributed by atoms with Crippen molar-refractivity contribution in [3.8, 4) is 11.8 Å². The maximum atomic E-state index is 13.3. The van der Waals surface area contributed by atoms with Crippen LogP contribution in [0, 0.1) is 17.1 Å². The first-order valence-electron chi connectivity index (χ1n) is 6.23. The second-order valence-electron chi connectivity index (χ2n) is 4.36. The summed E-state index contributed by atoms with van der Waals surface area (Å²) in [6, 6.07) is 11.5. The van der Waals surface area contributed by atoms with Crippen LogP contribution >= 0.6 is 11.6 Å². The van der Waals surface area contributed by atoms with Crippen LogP contribution in [-0.4, -0.2) is 0 Å². The number of ether oxygens (including phenoxy) is 1. The molecule has 4 heteroatoms. The summed E-state index contributed by atoms with van der Waals surface area (Å²) in [5.41, 5.74) is 1.91. The van der Waals surface area contributed by atoms with Crippen molar-refractivity contribution in [2.75, 3.05) is 0 Å². The van der Waals surface area contributed by atoms with E-state index in [0.29, 0.717) is 16.3 Å². The Labute approximate surface area is 122 Å². The van der Waals surface area contributed by atoms with Crippen LogP contribution in [0.15, 0.2) is 36.4 Å². The van der Waals surface area contributed by atoms with Gasteiger partial charge in [0.25, 0.3) is 0 Å². The minimum absolute atomic E-state index is 0.206. The van der Waals surface area contributed by atoms with Crippen LogP contribution in [0.5, 0.6) is 5.75 Å². The average Bonchev–Trinajstić information content (AvgIpc) is 2.45. The van der Waals surface area contributed by atoms with E-state index < -0.39 is 5.82 Å². The fraction of sp³-hybridized carbons (Fsp3) is 0.188. The Balaban J connectivity index is 2.13. The molecule has 0 bridgehead atoms. The van der Waals surface area contributed by atoms with Crippen molar-refractivity contribution in [2.45, 2.75) is 20.0 Å². The van der Waals surface area contributed by atoms with Gasteiger partial charge < -0.3 is 4.74 Å². The molecule has 2 nitrogen and oxygen atoms in total. The van der Waals surface area contributed by atoms with Crippen molar-refractivity contribution in [1.82, 2.24) is 0 Å². The number of hydrogen-bond donors (Lipinski definition) is 0. The smallest absolute Gasteiger partial charge is 0.124 e. The molecule has 0 amide bonds. The van der Waals surface area contributed by atoms with Gasteiger partial charge in [-0.05, 0) is 53.9 Å². The number of aryl methyl sites for hydroxylation is 1. The third kappa shape index (κ3) is 3.49. The summed E-state index contributed by atoms with van der Waals surface area (Å²) in [5.74, 6) is 0.238. The molecule has 0 aromatic heterocycles. The highest BCUT2D eigenvalue weighted by atomic mass is 35.5. The number of benzene rings is 2. The van der Waals surface area contributed by atoms with Crippen molar-refractivity contribution in [3.63, 3.8) is 0 Å². The summed E-state index contributed by atoms with van der Waals surface area (Å²) in [6.07, 6.45) is 0.814. The summed E-state index contributed by atoms with van der Waals surface area (Å²) in [4.78, 5) is 0. The molecular weight excluding hydrogens is 277 g/mol. The van der Waals surface area contributed by atoms with Gasteiger partial charge in [-0.25, -0.2) is 4.39 Å². The van der Waals surface area contributed by atoms with Gasteiger partial charge >= 0.3 is 0 Å². The summed E-state index contributed by atoms with van der Waals surface area (Å²) in [6.45, 7) is 2.22. The van der Waals surface area contributed by atoms with Gasteiger partial charge in [-0.15, -0.1) is 0 Å². The molecule has 0 unspecified atom stereocenters. The van der Waals surface area contributed by atoms with Crippen LogP contribution in [0.1, 0.15) is 23.6 Å². The lowest BCUT2D eigenvalue weighted by Gasteiger charge is -2.09. The van der Waals surface area contributed by atoms with Crippen LogP contribution in [0.3, 0.4) is 0 Å². The minimum Gasteiger partial charge on any atom is -0.489 e. The molecular formula is C16H13ClFNO. The molecule has 0 saturated carbocycles. The Hall–Kier alpha value is -2.05. The third-order valence-corrected chi connectivity index (χ3v) is 3.26.